The van der Waals surface area contributed by atoms with Crippen LogP contribution in [-0.4, -0.2) is 63.1 Å². The summed E-state index contributed by atoms with van der Waals surface area (Å²) in [6.45, 7) is 0.971. The molecule has 6 rings (SSSR count). The van der Waals surface area contributed by atoms with E-state index in [0.29, 0.717) is 50.2 Å². The first-order valence-corrected chi connectivity index (χ1v) is 23.2. The molecule has 11 heteroatoms. The second kappa shape index (κ2) is 21.4. The summed E-state index contributed by atoms with van der Waals surface area (Å²) in [4.78, 5) is 36.6. The van der Waals surface area contributed by atoms with Crippen LogP contribution in [0.15, 0.2) is 0 Å². The van der Waals surface area contributed by atoms with Gasteiger partial charge in [0.25, 0.3) is 0 Å². The molecular formula is C42H72N2O8S. The van der Waals surface area contributed by atoms with Crippen LogP contribution in [0.25, 0.3) is 0 Å². The normalized spacial score (nSPS) is 37.2. The van der Waals surface area contributed by atoms with Crippen molar-refractivity contribution in [1.82, 2.24) is 10.8 Å². The van der Waals surface area contributed by atoms with Crippen LogP contribution in [0.1, 0.15) is 167 Å². The molecule has 10 nitrogen and oxygen atoms in total. The molecule has 6 fully saturated rings. The Morgan fingerprint density at radius 2 is 1.26 bits per heavy atom. The zero-order valence-electron chi connectivity index (χ0n) is 32.5. The number of nitrogens with one attached hydrogen (secondary N) is 2. The topological polar surface area (TPSA) is 143 Å². The van der Waals surface area contributed by atoms with Gasteiger partial charge >= 0.3 is 5.97 Å². The number of carboxylic acid groups (broad SMARTS) is 1. The highest BCUT2D eigenvalue weighted by molar-refractivity contribution is 7.80. The Balaban J connectivity index is 0.926. The molecule has 0 aliphatic heterocycles. The first kappa shape index (κ1) is 41.5. The minimum Gasteiger partial charge on any atom is -0.481 e. The van der Waals surface area contributed by atoms with Crippen LogP contribution in [0.3, 0.4) is 0 Å². The number of hydroxylamine groups is 1. The lowest BCUT2D eigenvalue weighted by atomic mass is 9.69. The monoisotopic (exact) mass is 765 g/mol. The molecule has 304 valence electrons. The second-order valence-corrected chi connectivity index (χ2v) is 19.9. The number of carbonyl (C=O) groups is 2. The Labute approximate surface area is 321 Å². The van der Waals surface area contributed by atoms with Crippen molar-refractivity contribution >= 4 is 23.0 Å². The number of carbonyl (C=O) groups excluding carboxylic acids is 1. The molecule has 0 aromatic carbocycles. The molecule has 0 aromatic rings. The Bertz CT molecular complexity index is 1150. The smallest absolute Gasteiger partial charge is 0.307 e. The van der Waals surface area contributed by atoms with E-state index in [2.05, 4.69) is 15.7 Å². The van der Waals surface area contributed by atoms with Crippen LogP contribution >= 0.6 is 0 Å². The Morgan fingerprint density at radius 1 is 0.604 bits per heavy atom. The van der Waals surface area contributed by atoms with E-state index in [1.54, 1.807) is 0 Å². The minimum absolute atomic E-state index is 0.0988. The number of aliphatic carboxylic acids is 1. The molecule has 53 heavy (non-hydrogen) atoms. The van der Waals surface area contributed by atoms with E-state index in [9.17, 15) is 24.2 Å². The van der Waals surface area contributed by atoms with Crippen LogP contribution in [0.5, 0.6) is 0 Å². The molecule has 0 heterocycles. The van der Waals surface area contributed by atoms with Crippen molar-refractivity contribution in [3.63, 3.8) is 0 Å². The molecule has 0 radical (unpaired) electrons. The molecule has 0 bridgehead atoms. The standard InChI is InChI=1S/C42H72N2O8S/c45-41(40-24-32(18-20-39(40)42(46)47)22-30-11-5-2-6-12-30)43-35-13-8-16-38(26-35)53(49)52-37-15-7-14-36(25-37)44-50-27-34-23-31(17-19-33(34)28-51-48)21-29-9-3-1-4-10-29/h29-40,44,48H,1-28H2,(H,43,45)(H,46,47). The van der Waals surface area contributed by atoms with Gasteiger partial charge in [-0.25, -0.2) is 9.10 Å². The van der Waals surface area contributed by atoms with Crippen molar-refractivity contribution in [2.24, 2.45) is 47.3 Å². The molecule has 11 atom stereocenters. The lowest BCUT2D eigenvalue weighted by Crippen LogP contribution is -2.48. The van der Waals surface area contributed by atoms with Gasteiger partial charge in [0, 0.05) is 12.1 Å². The molecule has 4 N–H and O–H groups in total. The van der Waals surface area contributed by atoms with Crippen LogP contribution in [-0.2, 0) is 34.6 Å². The van der Waals surface area contributed by atoms with Crippen molar-refractivity contribution in [1.29, 1.82) is 0 Å². The lowest BCUT2D eigenvalue weighted by molar-refractivity contribution is -0.257. The fourth-order valence-corrected chi connectivity index (χ4v) is 12.9. The van der Waals surface area contributed by atoms with Gasteiger partial charge in [0.1, 0.15) is 0 Å². The minimum atomic E-state index is -1.46. The Kier molecular flexibility index (Phi) is 16.8. The van der Waals surface area contributed by atoms with Crippen molar-refractivity contribution in [2.45, 2.75) is 190 Å². The molecule has 6 aliphatic carbocycles. The second-order valence-electron chi connectivity index (χ2n) is 18.5. The van der Waals surface area contributed by atoms with Crippen molar-refractivity contribution in [2.75, 3.05) is 13.2 Å². The third kappa shape index (κ3) is 12.7. The van der Waals surface area contributed by atoms with E-state index in [1.165, 1.54) is 77.0 Å². The molecule has 0 saturated heterocycles. The quantitative estimate of drug-likeness (QED) is 0.0899. The van der Waals surface area contributed by atoms with Crippen LogP contribution in [0.2, 0.25) is 0 Å². The summed E-state index contributed by atoms with van der Waals surface area (Å²) in [6.07, 6.45) is 28.0. The van der Waals surface area contributed by atoms with Gasteiger partial charge in [0.2, 0.25) is 5.91 Å². The van der Waals surface area contributed by atoms with E-state index in [-0.39, 0.29) is 29.3 Å². The zero-order chi connectivity index (χ0) is 37.0. The average molecular weight is 765 g/mol. The van der Waals surface area contributed by atoms with Crippen molar-refractivity contribution < 1.29 is 38.1 Å². The first-order chi connectivity index (χ1) is 25.8. The molecule has 0 aromatic heterocycles. The number of rotatable bonds is 16. The molecule has 11 unspecified atom stereocenters. The van der Waals surface area contributed by atoms with Crippen molar-refractivity contribution in [3.05, 3.63) is 0 Å². The predicted molar refractivity (Wildman–Crippen MR) is 206 cm³/mol. The summed E-state index contributed by atoms with van der Waals surface area (Å²) >= 11 is -1.46. The van der Waals surface area contributed by atoms with Gasteiger partial charge in [-0.15, -0.1) is 0 Å². The lowest BCUT2D eigenvalue weighted by Gasteiger charge is -2.38. The van der Waals surface area contributed by atoms with Gasteiger partial charge in [0.15, 0.2) is 11.1 Å². The van der Waals surface area contributed by atoms with E-state index in [0.717, 1.165) is 88.4 Å². The van der Waals surface area contributed by atoms with Crippen LogP contribution in [0.4, 0.5) is 0 Å². The van der Waals surface area contributed by atoms with E-state index in [1.807, 2.05) is 0 Å². The first-order valence-electron chi connectivity index (χ1n) is 22.1. The maximum absolute atomic E-state index is 13.7. The largest absolute Gasteiger partial charge is 0.481 e. The zero-order valence-corrected chi connectivity index (χ0v) is 33.3. The fraction of sp³-hybridized carbons (Fsp3) is 0.952. The van der Waals surface area contributed by atoms with Crippen LogP contribution in [0, 0.1) is 47.3 Å². The van der Waals surface area contributed by atoms with Crippen LogP contribution < -0.4 is 10.8 Å². The van der Waals surface area contributed by atoms with Gasteiger partial charge < -0.3 is 15.3 Å². The predicted octanol–water partition coefficient (Wildman–Crippen LogP) is 8.51. The summed E-state index contributed by atoms with van der Waals surface area (Å²) in [5, 5.41) is 22.3. The highest BCUT2D eigenvalue weighted by Gasteiger charge is 2.41. The van der Waals surface area contributed by atoms with E-state index in [4.69, 9.17) is 9.02 Å². The van der Waals surface area contributed by atoms with Crippen molar-refractivity contribution in [3.8, 4) is 0 Å². The molecular weight excluding hydrogens is 693 g/mol. The third-order valence-electron chi connectivity index (χ3n) is 14.6. The van der Waals surface area contributed by atoms with E-state index >= 15 is 0 Å². The summed E-state index contributed by atoms with van der Waals surface area (Å²) in [5.74, 6) is 1.35. The fourth-order valence-electron chi connectivity index (χ4n) is 11.6. The van der Waals surface area contributed by atoms with Gasteiger partial charge in [-0.1, -0.05) is 77.0 Å². The summed E-state index contributed by atoms with van der Waals surface area (Å²) in [7, 11) is 0. The maximum atomic E-state index is 13.7. The third-order valence-corrected chi connectivity index (χ3v) is 16.0. The van der Waals surface area contributed by atoms with E-state index < -0.39 is 28.9 Å². The molecule has 0 spiro atoms. The van der Waals surface area contributed by atoms with Gasteiger partial charge in [-0.05, 0) is 125 Å². The highest BCUT2D eigenvalue weighted by atomic mass is 32.2. The molecule has 6 aliphatic rings. The number of amides is 1. The Morgan fingerprint density at radius 3 is 1.96 bits per heavy atom. The summed E-state index contributed by atoms with van der Waals surface area (Å²) < 4.78 is 19.8. The summed E-state index contributed by atoms with van der Waals surface area (Å²) in [5.41, 5.74) is 3.34. The van der Waals surface area contributed by atoms with Gasteiger partial charge in [-0.2, -0.15) is 5.48 Å². The number of hydrogen-bond donors (Lipinski definition) is 4. The maximum Gasteiger partial charge on any atom is 0.307 e. The number of hydrogen-bond acceptors (Lipinski definition) is 8. The summed E-state index contributed by atoms with van der Waals surface area (Å²) in [6, 6.07) is 0.0381. The Hall–Kier alpha value is -1.11. The molecule has 6 saturated carbocycles. The van der Waals surface area contributed by atoms with Gasteiger partial charge in [-0.3, -0.25) is 19.0 Å². The SMILES string of the molecule is O=C(O)C1CCC(CC2CCCCC2)CC1C(=O)NC1CCCC(S(=O)OC2CCCC(NOCC3CC(CC4CCCCC4)CCC3COO)C2)C1. The number of carboxylic acids is 1. The highest BCUT2D eigenvalue weighted by Crippen LogP contribution is 2.42. The van der Waals surface area contributed by atoms with Gasteiger partial charge in [0.05, 0.1) is 36.4 Å². The molecule has 1 amide bonds. The average Bonchev–Trinajstić information content (AvgIpc) is 3.17.